The second kappa shape index (κ2) is 6.76. The van der Waals surface area contributed by atoms with Crippen molar-refractivity contribution in [1.82, 2.24) is 4.98 Å². The van der Waals surface area contributed by atoms with Crippen LogP contribution in [0.2, 0.25) is 0 Å². The van der Waals surface area contributed by atoms with E-state index in [4.69, 9.17) is 4.74 Å². The topological polar surface area (TPSA) is 71.5 Å². The van der Waals surface area contributed by atoms with E-state index in [2.05, 4.69) is 58.1 Å². The van der Waals surface area contributed by atoms with Gasteiger partial charge in [0.25, 0.3) is 0 Å². The molecule has 0 radical (unpaired) electrons. The van der Waals surface area contributed by atoms with Crippen LogP contribution < -0.4 is 10.1 Å². The van der Waals surface area contributed by atoms with E-state index in [-0.39, 0.29) is 11.4 Å². The van der Waals surface area contributed by atoms with E-state index in [1.165, 1.54) is 12.3 Å². The molecule has 0 amide bonds. The number of aromatic carboxylic acids is 1. The number of benzene rings is 1. The van der Waals surface area contributed by atoms with Crippen molar-refractivity contribution in [3.8, 4) is 5.75 Å². The second-order valence-electron chi connectivity index (χ2n) is 3.95. The fraction of sp³-hybridized carbons (Fsp3) is 0.0769. The van der Waals surface area contributed by atoms with Gasteiger partial charge < -0.3 is 15.2 Å². The Morgan fingerprint density at radius 1 is 1.24 bits per heavy atom. The summed E-state index contributed by atoms with van der Waals surface area (Å²) in [4.78, 5) is 15.4. The van der Waals surface area contributed by atoms with Crippen LogP contribution in [0.3, 0.4) is 0 Å². The van der Waals surface area contributed by atoms with Gasteiger partial charge in [-0.2, -0.15) is 0 Å². The molecule has 2 N–H and O–H groups in total. The van der Waals surface area contributed by atoms with Crippen molar-refractivity contribution in [1.29, 1.82) is 0 Å². The van der Waals surface area contributed by atoms with E-state index in [0.717, 1.165) is 8.95 Å². The lowest BCUT2D eigenvalue weighted by atomic mass is 10.2. The monoisotopic (exact) mass is 478 g/mol. The lowest BCUT2D eigenvalue weighted by Crippen LogP contribution is -2.05. The highest BCUT2D eigenvalue weighted by molar-refractivity contribution is 9.11. The molecule has 0 atom stereocenters. The summed E-state index contributed by atoms with van der Waals surface area (Å²) >= 11 is 9.99. The Labute approximate surface area is 146 Å². The average molecular weight is 481 g/mol. The van der Waals surface area contributed by atoms with Gasteiger partial charge in [0.15, 0.2) is 0 Å². The van der Waals surface area contributed by atoms with E-state index in [9.17, 15) is 9.90 Å². The fourth-order valence-electron chi connectivity index (χ4n) is 1.61. The number of methoxy groups -OCH3 is 1. The molecule has 2 aromatic rings. The van der Waals surface area contributed by atoms with Crippen LogP contribution >= 0.6 is 47.8 Å². The molecule has 0 saturated carbocycles. The normalized spacial score (nSPS) is 10.3. The summed E-state index contributed by atoms with van der Waals surface area (Å²) in [5.41, 5.74) is 0.713. The molecule has 110 valence electrons. The Morgan fingerprint density at radius 3 is 2.57 bits per heavy atom. The zero-order valence-electron chi connectivity index (χ0n) is 10.7. The van der Waals surface area contributed by atoms with Crippen LogP contribution in [0.1, 0.15) is 10.4 Å². The van der Waals surface area contributed by atoms with E-state index >= 15 is 0 Å². The lowest BCUT2D eigenvalue weighted by molar-refractivity contribution is 0.0697. The maximum atomic E-state index is 11.3. The van der Waals surface area contributed by atoms with Gasteiger partial charge in [-0.15, -0.1) is 0 Å². The van der Waals surface area contributed by atoms with Crippen LogP contribution in [0.25, 0.3) is 0 Å². The first-order valence-electron chi connectivity index (χ1n) is 5.61. The van der Waals surface area contributed by atoms with E-state index < -0.39 is 5.97 Å². The quantitative estimate of drug-likeness (QED) is 0.656. The number of pyridine rings is 1. The van der Waals surface area contributed by atoms with E-state index in [1.807, 2.05) is 0 Å². The number of ether oxygens (including phenoxy) is 1. The van der Waals surface area contributed by atoms with Gasteiger partial charge >= 0.3 is 5.97 Å². The molecule has 0 aliphatic carbocycles. The number of carbonyl (C=O) groups is 1. The highest BCUT2D eigenvalue weighted by Gasteiger charge is 2.15. The van der Waals surface area contributed by atoms with Crippen LogP contribution in [0, 0.1) is 0 Å². The zero-order chi connectivity index (χ0) is 15.6. The SMILES string of the molecule is COc1cc(Nc2ncc(Br)cc2C(=O)O)c(Br)cc1Br. The van der Waals surface area contributed by atoms with Crippen molar-refractivity contribution >= 4 is 65.3 Å². The van der Waals surface area contributed by atoms with Gasteiger partial charge in [0.2, 0.25) is 0 Å². The van der Waals surface area contributed by atoms with E-state index in [1.54, 1.807) is 19.2 Å². The molecular weight excluding hydrogens is 472 g/mol. The van der Waals surface area contributed by atoms with Gasteiger partial charge in [-0.1, -0.05) is 0 Å². The molecule has 21 heavy (non-hydrogen) atoms. The molecule has 0 spiro atoms. The maximum Gasteiger partial charge on any atom is 0.339 e. The third kappa shape index (κ3) is 3.75. The minimum Gasteiger partial charge on any atom is -0.495 e. The molecule has 1 aromatic carbocycles. The summed E-state index contributed by atoms with van der Waals surface area (Å²) in [5, 5.41) is 12.2. The largest absolute Gasteiger partial charge is 0.495 e. The third-order valence-electron chi connectivity index (χ3n) is 2.58. The number of nitrogens with zero attached hydrogens (tertiary/aromatic N) is 1. The van der Waals surface area contributed by atoms with Crippen molar-refractivity contribution in [3.05, 3.63) is 43.4 Å². The van der Waals surface area contributed by atoms with Gasteiger partial charge in [-0.3, -0.25) is 0 Å². The van der Waals surface area contributed by atoms with Crippen LogP contribution in [-0.2, 0) is 0 Å². The van der Waals surface area contributed by atoms with Crippen molar-refractivity contribution in [2.75, 3.05) is 12.4 Å². The van der Waals surface area contributed by atoms with Crippen LogP contribution in [0.4, 0.5) is 11.5 Å². The van der Waals surface area contributed by atoms with Gasteiger partial charge in [0.1, 0.15) is 17.1 Å². The van der Waals surface area contributed by atoms with Gasteiger partial charge in [-0.25, -0.2) is 9.78 Å². The molecule has 0 fully saturated rings. The Balaban J connectivity index is 2.45. The molecular formula is C13H9Br3N2O3. The van der Waals surface area contributed by atoms with Crippen LogP contribution in [0.5, 0.6) is 5.75 Å². The molecule has 8 heteroatoms. The molecule has 0 unspecified atom stereocenters. The smallest absolute Gasteiger partial charge is 0.339 e. The minimum absolute atomic E-state index is 0.0677. The predicted octanol–water partition coefficient (Wildman–Crippen LogP) is 4.82. The Bertz CT molecular complexity index is 707. The fourth-order valence-corrected chi connectivity index (χ4v) is 3.20. The lowest BCUT2D eigenvalue weighted by Gasteiger charge is -2.13. The zero-order valence-corrected chi connectivity index (χ0v) is 15.4. The highest BCUT2D eigenvalue weighted by Crippen LogP contribution is 2.36. The average Bonchev–Trinajstić information content (AvgIpc) is 2.43. The molecule has 0 bridgehead atoms. The summed E-state index contributed by atoms with van der Waals surface area (Å²) in [6, 6.07) is 5.03. The highest BCUT2D eigenvalue weighted by atomic mass is 79.9. The third-order valence-corrected chi connectivity index (χ3v) is 4.29. The van der Waals surface area contributed by atoms with Gasteiger partial charge in [0, 0.05) is 21.2 Å². The minimum atomic E-state index is -1.06. The summed E-state index contributed by atoms with van der Waals surface area (Å²) in [5.74, 6) is -0.197. The Morgan fingerprint density at radius 2 is 1.95 bits per heavy atom. The van der Waals surface area contributed by atoms with Crippen molar-refractivity contribution in [2.24, 2.45) is 0 Å². The van der Waals surface area contributed by atoms with Gasteiger partial charge in [-0.05, 0) is 59.9 Å². The number of carboxylic acid groups (broad SMARTS) is 1. The summed E-state index contributed by atoms with van der Waals surface area (Å²) in [6.45, 7) is 0. The van der Waals surface area contributed by atoms with Crippen molar-refractivity contribution in [2.45, 2.75) is 0 Å². The number of anilines is 2. The summed E-state index contributed by atoms with van der Waals surface area (Å²) in [6.07, 6.45) is 1.53. The number of hydrogen-bond donors (Lipinski definition) is 2. The number of aromatic nitrogens is 1. The number of rotatable bonds is 4. The maximum absolute atomic E-state index is 11.3. The predicted molar refractivity (Wildman–Crippen MR) is 90.6 cm³/mol. The van der Waals surface area contributed by atoms with E-state index in [0.29, 0.717) is 15.9 Å². The second-order valence-corrected chi connectivity index (χ2v) is 6.57. The molecule has 2 rings (SSSR count). The first kappa shape index (κ1) is 16.3. The molecule has 0 aliphatic rings. The Hall–Kier alpha value is -1.12. The van der Waals surface area contributed by atoms with Gasteiger partial charge in [0.05, 0.1) is 17.3 Å². The summed E-state index contributed by atoms with van der Waals surface area (Å²) < 4.78 is 7.35. The number of carboxylic acids is 1. The standard InChI is InChI=1S/C13H9Br3N2O3/c1-21-11-4-10(8(15)3-9(11)16)18-12-7(13(19)20)2-6(14)5-17-12/h2-5H,1H3,(H,17,18)(H,19,20). The van der Waals surface area contributed by atoms with Crippen LogP contribution in [-0.4, -0.2) is 23.2 Å². The number of hydrogen-bond acceptors (Lipinski definition) is 4. The molecule has 0 saturated heterocycles. The molecule has 5 nitrogen and oxygen atoms in total. The van der Waals surface area contributed by atoms with Crippen molar-refractivity contribution in [3.63, 3.8) is 0 Å². The Kier molecular flexibility index (Phi) is 5.23. The number of halogens is 3. The summed E-state index contributed by atoms with van der Waals surface area (Å²) in [7, 11) is 1.55. The first-order valence-corrected chi connectivity index (χ1v) is 7.99. The molecule has 1 heterocycles. The van der Waals surface area contributed by atoms with Crippen molar-refractivity contribution < 1.29 is 14.6 Å². The first-order chi connectivity index (χ1) is 9.92. The molecule has 0 aliphatic heterocycles. The van der Waals surface area contributed by atoms with Crippen LogP contribution in [0.15, 0.2) is 37.8 Å². The number of nitrogens with one attached hydrogen (secondary N) is 1. The molecule has 1 aromatic heterocycles.